The van der Waals surface area contributed by atoms with Crippen molar-refractivity contribution in [1.29, 1.82) is 0 Å². The molecule has 0 aliphatic carbocycles. The van der Waals surface area contributed by atoms with Crippen LogP contribution in [0.1, 0.15) is 26.3 Å². The Morgan fingerprint density at radius 2 is 1.80 bits per heavy atom. The van der Waals surface area contributed by atoms with Crippen LogP contribution in [0.25, 0.3) is 0 Å². The van der Waals surface area contributed by atoms with E-state index in [0.717, 1.165) is 5.56 Å². The first-order valence-corrected chi connectivity index (χ1v) is 5.03. The first-order chi connectivity index (χ1) is 6.91. The zero-order chi connectivity index (χ0) is 11.5. The Hall–Kier alpha value is -1.35. The lowest BCUT2D eigenvalue weighted by molar-refractivity contribution is -0.135. The average molecular weight is 206 g/mol. The summed E-state index contributed by atoms with van der Waals surface area (Å²) in [5.41, 5.74) is 0.661. The molecule has 3 heteroatoms. The van der Waals surface area contributed by atoms with Gasteiger partial charge in [0.2, 0.25) is 5.91 Å². The van der Waals surface area contributed by atoms with E-state index in [4.69, 9.17) is 5.84 Å². The zero-order valence-electron chi connectivity index (χ0n) is 9.53. The van der Waals surface area contributed by atoms with Crippen LogP contribution in [0.5, 0.6) is 0 Å². The van der Waals surface area contributed by atoms with E-state index in [1.807, 2.05) is 51.1 Å². The van der Waals surface area contributed by atoms with Gasteiger partial charge in [-0.15, -0.1) is 0 Å². The van der Waals surface area contributed by atoms with Crippen LogP contribution in [-0.4, -0.2) is 16.5 Å². The molecule has 0 saturated heterocycles. The molecular weight excluding hydrogens is 188 g/mol. The third-order valence-corrected chi connectivity index (χ3v) is 2.19. The summed E-state index contributed by atoms with van der Waals surface area (Å²) in [6.07, 6.45) is 0.356. The van der Waals surface area contributed by atoms with Crippen LogP contribution in [0.2, 0.25) is 0 Å². The van der Waals surface area contributed by atoms with Crippen LogP contribution in [0.4, 0.5) is 0 Å². The fraction of sp³-hybridized carbons (Fsp3) is 0.417. The summed E-state index contributed by atoms with van der Waals surface area (Å²) in [7, 11) is 0. The van der Waals surface area contributed by atoms with Crippen molar-refractivity contribution in [2.75, 3.05) is 0 Å². The summed E-state index contributed by atoms with van der Waals surface area (Å²) in [6, 6.07) is 9.61. The zero-order valence-corrected chi connectivity index (χ0v) is 9.53. The minimum Gasteiger partial charge on any atom is -0.275 e. The van der Waals surface area contributed by atoms with E-state index in [0.29, 0.717) is 6.42 Å². The van der Waals surface area contributed by atoms with Crippen molar-refractivity contribution < 1.29 is 4.79 Å². The SMILES string of the molecule is CC(C)(C)N(N)C(=O)Cc1ccccc1. The lowest BCUT2D eigenvalue weighted by atomic mass is 10.1. The molecule has 0 atom stereocenters. The molecule has 1 aromatic rings. The van der Waals surface area contributed by atoms with Gasteiger partial charge in [0, 0.05) is 0 Å². The first-order valence-electron chi connectivity index (χ1n) is 5.03. The highest BCUT2D eigenvalue weighted by Gasteiger charge is 2.22. The molecule has 0 fully saturated rings. The van der Waals surface area contributed by atoms with Gasteiger partial charge in [0.15, 0.2) is 0 Å². The predicted octanol–water partition coefficient (Wildman–Crippen LogP) is 1.73. The van der Waals surface area contributed by atoms with Crippen LogP contribution < -0.4 is 5.84 Å². The highest BCUT2D eigenvalue weighted by atomic mass is 16.2. The number of hydrazine groups is 1. The smallest absolute Gasteiger partial charge is 0.241 e. The monoisotopic (exact) mass is 206 g/mol. The molecule has 1 rings (SSSR count). The van der Waals surface area contributed by atoms with E-state index in [1.54, 1.807) is 0 Å². The lowest BCUT2D eigenvalue weighted by Crippen LogP contribution is -2.51. The van der Waals surface area contributed by atoms with Crippen molar-refractivity contribution >= 4 is 5.91 Å². The van der Waals surface area contributed by atoms with Gasteiger partial charge in [-0.2, -0.15) is 0 Å². The van der Waals surface area contributed by atoms with Gasteiger partial charge in [0.1, 0.15) is 0 Å². The number of carbonyl (C=O) groups excluding carboxylic acids is 1. The average Bonchev–Trinajstić information content (AvgIpc) is 2.16. The van der Waals surface area contributed by atoms with E-state index < -0.39 is 0 Å². The van der Waals surface area contributed by atoms with Gasteiger partial charge in [0.05, 0.1) is 12.0 Å². The van der Waals surface area contributed by atoms with Gasteiger partial charge in [-0.3, -0.25) is 9.80 Å². The highest BCUT2D eigenvalue weighted by Crippen LogP contribution is 2.10. The number of nitrogens with zero attached hydrogens (tertiary/aromatic N) is 1. The molecule has 0 heterocycles. The predicted molar refractivity (Wildman–Crippen MR) is 60.9 cm³/mol. The maximum absolute atomic E-state index is 11.8. The molecule has 0 saturated carbocycles. The Balaban J connectivity index is 2.65. The topological polar surface area (TPSA) is 46.3 Å². The van der Waals surface area contributed by atoms with Gasteiger partial charge >= 0.3 is 0 Å². The number of hydrogen-bond acceptors (Lipinski definition) is 2. The minimum absolute atomic E-state index is 0.0614. The molecule has 0 aromatic heterocycles. The summed E-state index contributed by atoms with van der Waals surface area (Å²) >= 11 is 0. The summed E-state index contributed by atoms with van der Waals surface area (Å²) in [5, 5.41) is 1.29. The molecule has 1 aromatic carbocycles. The van der Waals surface area contributed by atoms with Gasteiger partial charge < -0.3 is 0 Å². The second kappa shape index (κ2) is 4.45. The largest absolute Gasteiger partial charge is 0.275 e. The van der Waals surface area contributed by atoms with Crippen molar-refractivity contribution in [2.45, 2.75) is 32.7 Å². The van der Waals surface area contributed by atoms with Gasteiger partial charge in [-0.05, 0) is 26.3 Å². The Morgan fingerprint density at radius 1 is 1.27 bits per heavy atom. The fourth-order valence-corrected chi connectivity index (χ4v) is 1.23. The van der Waals surface area contributed by atoms with Crippen molar-refractivity contribution in [2.24, 2.45) is 5.84 Å². The second-order valence-corrected chi connectivity index (χ2v) is 4.60. The van der Waals surface area contributed by atoms with E-state index in [9.17, 15) is 4.79 Å². The number of hydrogen-bond donors (Lipinski definition) is 1. The van der Waals surface area contributed by atoms with E-state index >= 15 is 0 Å². The molecular formula is C12H18N2O. The third-order valence-electron chi connectivity index (χ3n) is 2.19. The quantitative estimate of drug-likeness (QED) is 0.455. The third kappa shape index (κ3) is 3.36. The molecule has 0 spiro atoms. The van der Waals surface area contributed by atoms with Crippen molar-refractivity contribution in [3.63, 3.8) is 0 Å². The van der Waals surface area contributed by atoms with Gasteiger partial charge in [0.25, 0.3) is 0 Å². The minimum atomic E-state index is -0.328. The van der Waals surface area contributed by atoms with E-state index in [2.05, 4.69) is 0 Å². The number of nitrogens with two attached hydrogens (primary N) is 1. The molecule has 0 bridgehead atoms. The standard InChI is InChI=1S/C12H18N2O/c1-12(2,3)14(13)11(15)9-10-7-5-4-6-8-10/h4-8H,9,13H2,1-3H3. The summed E-state index contributed by atoms with van der Waals surface area (Å²) < 4.78 is 0. The van der Waals surface area contributed by atoms with Crippen molar-refractivity contribution in [3.05, 3.63) is 35.9 Å². The molecule has 1 amide bonds. The second-order valence-electron chi connectivity index (χ2n) is 4.60. The van der Waals surface area contributed by atoms with Crippen LogP contribution in [0, 0.1) is 0 Å². The van der Waals surface area contributed by atoms with Crippen LogP contribution in [-0.2, 0) is 11.2 Å². The normalized spacial score (nSPS) is 11.2. The maximum atomic E-state index is 11.8. The van der Waals surface area contributed by atoms with Crippen LogP contribution in [0.3, 0.4) is 0 Å². The van der Waals surface area contributed by atoms with E-state index in [1.165, 1.54) is 5.01 Å². The summed E-state index contributed by atoms with van der Waals surface area (Å²) in [4.78, 5) is 11.8. The molecule has 0 unspecified atom stereocenters. The van der Waals surface area contributed by atoms with Crippen molar-refractivity contribution in [3.8, 4) is 0 Å². The Kier molecular flexibility index (Phi) is 3.48. The Bertz CT molecular complexity index is 327. The summed E-state index contributed by atoms with van der Waals surface area (Å²) in [5.74, 6) is 5.66. The Morgan fingerprint density at radius 3 is 2.27 bits per heavy atom. The highest BCUT2D eigenvalue weighted by molar-refractivity contribution is 5.78. The molecule has 15 heavy (non-hydrogen) atoms. The Labute approximate surface area is 90.9 Å². The molecule has 2 N–H and O–H groups in total. The van der Waals surface area contributed by atoms with Gasteiger partial charge in [-0.1, -0.05) is 30.3 Å². The molecule has 3 nitrogen and oxygen atoms in total. The molecule has 0 aliphatic heterocycles. The first kappa shape index (κ1) is 11.7. The van der Waals surface area contributed by atoms with Gasteiger partial charge in [-0.25, -0.2) is 5.84 Å². The molecule has 0 radical (unpaired) electrons. The molecule has 82 valence electrons. The summed E-state index contributed by atoms with van der Waals surface area (Å²) in [6.45, 7) is 5.74. The number of carbonyl (C=O) groups is 1. The number of amides is 1. The van der Waals surface area contributed by atoms with Crippen molar-refractivity contribution in [1.82, 2.24) is 5.01 Å². The lowest BCUT2D eigenvalue weighted by Gasteiger charge is -2.31. The fourth-order valence-electron chi connectivity index (χ4n) is 1.23. The van der Waals surface area contributed by atoms with Crippen LogP contribution in [0.15, 0.2) is 30.3 Å². The van der Waals surface area contributed by atoms with Crippen LogP contribution >= 0.6 is 0 Å². The van der Waals surface area contributed by atoms with E-state index in [-0.39, 0.29) is 11.4 Å². The number of rotatable bonds is 2. The molecule has 0 aliphatic rings. The maximum Gasteiger partial charge on any atom is 0.241 e. The number of benzene rings is 1.